The molecule has 0 fully saturated rings. The summed E-state index contributed by atoms with van der Waals surface area (Å²) in [5, 5.41) is 30.2. The van der Waals surface area contributed by atoms with Gasteiger partial charge in [0.15, 0.2) is 11.6 Å². The summed E-state index contributed by atoms with van der Waals surface area (Å²) in [5.41, 5.74) is 1.68. The number of aromatic carboxylic acids is 1. The number of carbonyl (C=O) groups is 2. The van der Waals surface area contributed by atoms with E-state index < -0.39 is 30.1 Å². The Kier molecular flexibility index (Phi) is 5.91. The Bertz CT molecular complexity index is 1390. The first-order chi connectivity index (χ1) is 16.2. The van der Waals surface area contributed by atoms with E-state index in [9.17, 15) is 28.6 Å². The molecule has 1 heterocycles. The number of nitrogens with zero attached hydrogens (tertiary/aromatic N) is 2. The number of hydrogen-bond donors (Lipinski definition) is 4. The number of anilines is 1. The molecule has 0 aliphatic carbocycles. The highest BCUT2D eigenvalue weighted by atomic mass is 19.2. The SMILES string of the molecule is N=C(CO)/C(=N\N)c1ccc2c(c1)C(=O)N(c1cc(-c3ccc(F)c(F)c3)ccc1C(=O)O)C2. The maximum Gasteiger partial charge on any atom is 0.337 e. The van der Waals surface area contributed by atoms with E-state index in [1.807, 2.05) is 0 Å². The van der Waals surface area contributed by atoms with Crippen LogP contribution in [0.4, 0.5) is 14.5 Å². The zero-order valence-electron chi connectivity index (χ0n) is 17.5. The fourth-order valence-corrected chi connectivity index (χ4v) is 3.84. The smallest absolute Gasteiger partial charge is 0.337 e. The lowest BCUT2D eigenvalue weighted by atomic mass is 10.0. The second-order valence-corrected chi connectivity index (χ2v) is 7.54. The van der Waals surface area contributed by atoms with Crippen LogP contribution in [0.5, 0.6) is 0 Å². The van der Waals surface area contributed by atoms with E-state index in [4.69, 9.17) is 11.3 Å². The number of amides is 1. The Labute approximate surface area is 192 Å². The Morgan fingerprint density at radius 2 is 1.76 bits per heavy atom. The molecule has 1 aliphatic rings. The quantitative estimate of drug-likeness (QED) is 0.252. The van der Waals surface area contributed by atoms with Gasteiger partial charge in [-0.25, -0.2) is 13.6 Å². The molecule has 0 bridgehead atoms. The van der Waals surface area contributed by atoms with Crippen LogP contribution >= 0.6 is 0 Å². The summed E-state index contributed by atoms with van der Waals surface area (Å²) < 4.78 is 27.1. The summed E-state index contributed by atoms with van der Waals surface area (Å²) in [6.07, 6.45) is 0. The number of rotatable bonds is 6. The molecule has 0 unspecified atom stereocenters. The summed E-state index contributed by atoms with van der Waals surface area (Å²) in [6.45, 7) is -0.519. The fraction of sp³-hybridized carbons (Fsp3) is 0.0833. The van der Waals surface area contributed by atoms with Crippen LogP contribution in [-0.2, 0) is 6.54 Å². The van der Waals surface area contributed by atoms with Gasteiger partial charge in [0.2, 0.25) is 0 Å². The van der Waals surface area contributed by atoms with Crippen LogP contribution in [0.25, 0.3) is 11.1 Å². The van der Waals surface area contributed by atoms with Crippen molar-refractivity contribution in [3.63, 3.8) is 0 Å². The molecule has 1 amide bonds. The maximum absolute atomic E-state index is 13.7. The second kappa shape index (κ2) is 8.83. The number of aliphatic hydroxyl groups is 1. The average molecular weight is 464 g/mol. The van der Waals surface area contributed by atoms with Gasteiger partial charge in [0, 0.05) is 11.1 Å². The van der Waals surface area contributed by atoms with Gasteiger partial charge in [-0.2, -0.15) is 5.10 Å². The maximum atomic E-state index is 13.7. The first kappa shape index (κ1) is 22.7. The van der Waals surface area contributed by atoms with Crippen LogP contribution in [0, 0.1) is 17.0 Å². The Morgan fingerprint density at radius 1 is 1.06 bits per heavy atom. The van der Waals surface area contributed by atoms with Crippen molar-refractivity contribution < 1.29 is 28.6 Å². The number of nitrogens with two attached hydrogens (primary N) is 1. The Balaban J connectivity index is 1.77. The number of aliphatic hydroxyl groups excluding tert-OH is 1. The molecule has 3 aromatic carbocycles. The van der Waals surface area contributed by atoms with Crippen molar-refractivity contribution in [2.24, 2.45) is 10.9 Å². The average Bonchev–Trinajstić information content (AvgIpc) is 3.16. The molecule has 1 aliphatic heterocycles. The molecule has 3 aromatic rings. The van der Waals surface area contributed by atoms with Gasteiger partial charge in [-0.05, 0) is 47.0 Å². The molecule has 0 radical (unpaired) electrons. The third-order valence-electron chi connectivity index (χ3n) is 5.53. The van der Waals surface area contributed by atoms with Crippen molar-refractivity contribution >= 4 is 29.0 Å². The van der Waals surface area contributed by atoms with Crippen molar-refractivity contribution in [3.8, 4) is 11.1 Å². The van der Waals surface area contributed by atoms with E-state index in [2.05, 4.69) is 5.10 Å². The predicted molar refractivity (Wildman–Crippen MR) is 121 cm³/mol. The van der Waals surface area contributed by atoms with Gasteiger partial charge in [0.05, 0.1) is 30.1 Å². The normalized spacial score (nSPS) is 13.2. The highest BCUT2D eigenvalue weighted by molar-refractivity contribution is 6.47. The monoisotopic (exact) mass is 464 g/mol. The molecule has 172 valence electrons. The summed E-state index contributed by atoms with van der Waals surface area (Å²) in [7, 11) is 0. The molecule has 34 heavy (non-hydrogen) atoms. The molecule has 4 rings (SSSR count). The number of fused-ring (bicyclic) bond motifs is 1. The molecular weight excluding hydrogens is 446 g/mol. The van der Waals surface area contributed by atoms with Crippen LogP contribution in [0.3, 0.4) is 0 Å². The fourth-order valence-electron chi connectivity index (χ4n) is 3.84. The molecule has 0 saturated carbocycles. The number of hydrogen-bond acceptors (Lipinski definition) is 6. The lowest BCUT2D eigenvalue weighted by molar-refractivity contribution is 0.0697. The number of carbonyl (C=O) groups excluding carboxylic acids is 1. The highest BCUT2D eigenvalue weighted by Gasteiger charge is 2.32. The minimum atomic E-state index is -1.26. The number of carboxylic acid groups (broad SMARTS) is 1. The van der Waals surface area contributed by atoms with Crippen molar-refractivity contribution in [3.05, 3.63) is 88.5 Å². The summed E-state index contributed by atoms with van der Waals surface area (Å²) in [6, 6.07) is 12.2. The van der Waals surface area contributed by atoms with Crippen LogP contribution in [0.15, 0.2) is 59.7 Å². The number of halogens is 2. The molecule has 0 atom stereocenters. The summed E-state index contributed by atoms with van der Waals surface area (Å²) in [4.78, 5) is 26.4. The van der Waals surface area contributed by atoms with E-state index in [1.54, 1.807) is 12.1 Å². The zero-order chi connectivity index (χ0) is 24.6. The van der Waals surface area contributed by atoms with E-state index >= 15 is 0 Å². The first-order valence-corrected chi connectivity index (χ1v) is 9.99. The number of carboxylic acids is 1. The third kappa shape index (κ3) is 3.90. The van der Waals surface area contributed by atoms with Crippen molar-refractivity contribution in [1.82, 2.24) is 0 Å². The van der Waals surface area contributed by atoms with Crippen LogP contribution in [0.2, 0.25) is 0 Å². The Hall–Kier alpha value is -4.44. The van der Waals surface area contributed by atoms with Gasteiger partial charge in [0.1, 0.15) is 5.71 Å². The number of hydrazone groups is 1. The topological polar surface area (TPSA) is 140 Å². The van der Waals surface area contributed by atoms with Gasteiger partial charge in [0.25, 0.3) is 5.91 Å². The van der Waals surface area contributed by atoms with Gasteiger partial charge >= 0.3 is 5.97 Å². The number of benzene rings is 3. The molecule has 0 saturated heterocycles. The van der Waals surface area contributed by atoms with Crippen molar-refractivity contribution in [2.45, 2.75) is 6.54 Å². The lowest BCUT2D eigenvalue weighted by Crippen LogP contribution is -2.25. The molecule has 5 N–H and O–H groups in total. The third-order valence-corrected chi connectivity index (χ3v) is 5.53. The zero-order valence-corrected chi connectivity index (χ0v) is 17.5. The minimum absolute atomic E-state index is 0.0168. The van der Waals surface area contributed by atoms with Gasteiger partial charge in [-0.15, -0.1) is 0 Å². The second-order valence-electron chi connectivity index (χ2n) is 7.54. The van der Waals surface area contributed by atoms with Gasteiger partial charge in [-0.1, -0.05) is 24.3 Å². The summed E-state index contributed by atoms with van der Waals surface area (Å²) >= 11 is 0. The molecule has 8 nitrogen and oxygen atoms in total. The van der Waals surface area contributed by atoms with Gasteiger partial charge in [-0.3, -0.25) is 4.79 Å². The minimum Gasteiger partial charge on any atom is -0.478 e. The summed E-state index contributed by atoms with van der Waals surface area (Å²) in [5.74, 6) is 1.53. The lowest BCUT2D eigenvalue weighted by Gasteiger charge is -2.19. The largest absolute Gasteiger partial charge is 0.478 e. The highest BCUT2D eigenvalue weighted by Crippen LogP contribution is 2.35. The first-order valence-electron chi connectivity index (χ1n) is 9.99. The van der Waals surface area contributed by atoms with Crippen LogP contribution in [-0.4, -0.2) is 40.1 Å². The van der Waals surface area contributed by atoms with Crippen molar-refractivity contribution in [1.29, 1.82) is 5.41 Å². The number of nitrogens with one attached hydrogen (secondary N) is 1. The van der Waals surface area contributed by atoms with E-state index in [1.165, 1.54) is 35.2 Å². The van der Waals surface area contributed by atoms with E-state index in [-0.39, 0.29) is 34.8 Å². The predicted octanol–water partition coefficient (Wildman–Crippen LogP) is 3.17. The van der Waals surface area contributed by atoms with E-state index in [0.29, 0.717) is 22.3 Å². The van der Waals surface area contributed by atoms with E-state index in [0.717, 1.165) is 12.1 Å². The van der Waals surface area contributed by atoms with Crippen molar-refractivity contribution in [2.75, 3.05) is 11.5 Å². The van der Waals surface area contributed by atoms with Crippen LogP contribution in [0.1, 0.15) is 31.8 Å². The molecule has 0 spiro atoms. The molecule has 0 aromatic heterocycles. The Morgan fingerprint density at radius 3 is 2.41 bits per heavy atom. The molecular formula is C24H18F2N4O4. The molecule has 10 heteroatoms. The van der Waals surface area contributed by atoms with Gasteiger partial charge < -0.3 is 26.4 Å². The van der Waals surface area contributed by atoms with Crippen LogP contribution < -0.4 is 10.7 Å². The standard InChI is InChI=1S/C24H18F2N4O4/c25-18-6-4-12(8-19(18)26)13-3-5-16(24(33)34)21(9-13)30-10-15-2-1-14(7-17(15)23(30)32)22(29-28)20(27)11-31/h1-9,27,31H,10-11,28H2,(H,33,34)/b27-20?,29-22-.